The third-order valence-corrected chi connectivity index (χ3v) is 8.26. The highest BCUT2D eigenvalue weighted by atomic mass is 32.2. The number of carbonyl (C=O) groups is 3. The van der Waals surface area contributed by atoms with Gasteiger partial charge in [0.05, 0.1) is 6.04 Å². The van der Waals surface area contributed by atoms with Gasteiger partial charge in [0.2, 0.25) is 11.7 Å². The lowest BCUT2D eigenvalue weighted by molar-refractivity contribution is -0.129. The molecular weight excluding hydrogens is 550 g/mol. The fraction of sp³-hybridized carbons (Fsp3) is 0.469. The number of aromatic nitrogens is 2. The molecule has 1 aromatic heterocycles. The van der Waals surface area contributed by atoms with Gasteiger partial charge in [-0.3, -0.25) is 14.4 Å². The molecule has 2 amide bonds. The zero-order valence-electron chi connectivity index (χ0n) is 24.9. The van der Waals surface area contributed by atoms with Gasteiger partial charge < -0.3 is 20.0 Å². The van der Waals surface area contributed by atoms with Crippen LogP contribution < -0.4 is 10.6 Å². The smallest absolute Gasteiger partial charge is 0.286 e. The molecule has 0 radical (unpaired) electrons. The van der Waals surface area contributed by atoms with E-state index in [4.69, 9.17) is 4.42 Å². The van der Waals surface area contributed by atoms with E-state index in [1.807, 2.05) is 75.3 Å². The first kappa shape index (κ1) is 31.4. The van der Waals surface area contributed by atoms with Gasteiger partial charge in [0, 0.05) is 17.9 Å². The quantitative estimate of drug-likeness (QED) is 0.205. The lowest BCUT2D eigenvalue weighted by atomic mass is 9.80. The predicted octanol–water partition coefficient (Wildman–Crippen LogP) is 5.24. The summed E-state index contributed by atoms with van der Waals surface area (Å²) in [7, 11) is 3.96. The molecule has 10 heteroatoms. The van der Waals surface area contributed by atoms with Crippen LogP contribution in [0.5, 0.6) is 0 Å². The second-order valence-electron chi connectivity index (χ2n) is 11.6. The maximum atomic E-state index is 13.9. The molecule has 2 aromatic carbocycles. The number of carbonyl (C=O) groups excluding carboxylic acids is 3. The van der Waals surface area contributed by atoms with Crippen LogP contribution in [0.25, 0.3) is 11.1 Å². The van der Waals surface area contributed by atoms with Crippen molar-refractivity contribution < 1.29 is 18.8 Å². The molecule has 1 unspecified atom stereocenters. The molecule has 0 saturated heterocycles. The van der Waals surface area contributed by atoms with Crippen LogP contribution in [0.3, 0.4) is 0 Å². The van der Waals surface area contributed by atoms with Gasteiger partial charge in [0.15, 0.2) is 0 Å². The van der Waals surface area contributed by atoms with Crippen LogP contribution in [-0.2, 0) is 4.79 Å². The van der Waals surface area contributed by atoms with E-state index >= 15 is 0 Å². The third-order valence-electron chi connectivity index (χ3n) is 7.46. The lowest BCUT2D eigenvalue weighted by Crippen LogP contribution is -2.62. The number of nitrogens with one attached hydrogen (secondary N) is 2. The molecule has 0 bridgehead atoms. The molecule has 0 aliphatic heterocycles. The molecule has 42 heavy (non-hydrogen) atoms. The van der Waals surface area contributed by atoms with E-state index in [0.29, 0.717) is 30.0 Å². The number of ketones is 1. The van der Waals surface area contributed by atoms with Crippen molar-refractivity contribution in [2.24, 2.45) is 5.92 Å². The number of amides is 2. The highest BCUT2D eigenvalue weighted by Gasteiger charge is 2.43. The summed E-state index contributed by atoms with van der Waals surface area (Å²) >= 11 is 1.38. The van der Waals surface area contributed by atoms with Gasteiger partial charge in [-0.15, -0.1) is 10.2 Å². The first-order valence-electron chi connectivity index (χ1n) is 14.6. The van der Waals surface area contributed by atoms with Gasteiger partial charge in [0.1, 0.15) is 5.54 Å². The van der Waals surface area contributed by atoms with Crippen LogP contribution in [0, 0.1) is 5.92 Å². The Kier molecular flexibility index (Phi) is 10.9. The van der Waals surface area contributed by atoms with E-state index in [-0.39, 0.29) is 23.6 Å². The monoisotopic (exact) mass is 591 g/mol. The SMILES string of the molecule is CC(C)CC(NC(=O)C1(NC(=O)c2ccc(-c3ccccc3)cc2)CCCCC1)C(=O)c1nnc(SCCN(C)C)o1. The summed E-state index contributed by atoms with van der Waals surface area (Å²) in [4.78, 5) is 42.9. The van der Waals surface area contributed by atoms with Crippen LogP contribution in [0.15, 0.2) is 64.2 Å². The van der Waals surface area contributed by atoms with Crippen molar-refractivity contribution in [1.29, 1.82) is 0 Å². The van der Waals surface area contributed by atoms with Crippen molar-refractivity contribution in [3.63, 3.8) is 0 Å². The van der Waals surface area contributed by atoms with Crippen LogP contribution in [0.2, 0.25) is 0 Å². The fourth-order valence-electron chi connectivity index (χ4n) is 5.13. The zero-order valence-corrected chi connectivity index (χ0v) is 25.7. The average Bonchev–Trinajstić information content (AvgIpc) is 3.46. The van der Waals surface area contributed by atoms with Gasteiger partial charge in [0.25, 0.3) is 17.0 Å². The van der Waals surface area contributed by atoms with Gasteiger partial charge in [-0.25, -0.2) is 0 Å². The summed E-state index contributed by atoms with van der Waals surface area (Å²) in [6.45, 7) is 4.80. The number of Topliss-reactive ketones (excluding diaryl/α,β-unsaturated/α-hetero) is 1. The van der Waals surface area contributed by atoms with E-state index in [1.54, 1.807) is 12.1 Å². The largest absolute Gasteiger partial charge is 0.408 e. The molecule has 4 rings (SSSR count). The minimum Gasteiger partial charge on any atom is -0.408 e. The third kappa shape index (κ3) is 8.29. The fourth-order valence-corrected chi connectivity index (χ4v) is 6.00. The molecule has 1 fully saturated rings. The van der Waals surface area contributed by atoms with Gasteiger partial charge in [-0.2, -0.15) is 0 Å². The maximum Gasteiger partial charge on any atom is 0.286 e. The van der Waals surface area contributed by atoms with Gasteiger partial charge in [-0.05, 0) is 62.5 Å². The summed E-state index contributed by atoms with van der Waals surface area (Å²) in [6.07, 6.45) is 4.01. The predicted molar refractivity (Wildman–Crippen MR) is 164 cm³/mol. The Labute approximate surface area is 252 Å². The molecule has 0 spiro atoms. The molecule has 1 atom stereocenters. The van der Waals surface area contributed by atoms with Crippen molar-refractivity contribution in [2.45, 2.75) is 69.2 Å². The summed E-state index contributed by atoms with van der Waals surface area (Å²) in [5.74, 6) is -0.334. The second-order valence-corrected chi connectivity index (χ2v) is 12.6. The van der Waals surface area contributed by atoms with Crippen LogP contribution in [-0.4, -0.2) is 70.7 Å². The normalized spacial score (nSPS) is 15.4. The van der Waals surface area contributed by atoms with Crippen LogP contribution in [0.4, 0.5) is 0 Å². The molecule has 9 nitrogen and oxygen atoms in total. The van der Waals surface area contributed by atoms with E-state index in [1.165, 1.54) is 11.8 Å². The Balaban J connectivity index is 1.48. The summed E-state index contributed by atoms with van der Waals surface area (Å²) in [5, 5.41) is 14.3. The first-order chi connectivity index (χ1) is 20.2. The van der Waals surface area contributed by atoms with E-state index in [0.717, 1.165) is 42.7 Å². The first-order valence-corrected chi connectivity index (χ1v) is 15.6. The van der Waals surface area contributed by atoms with Crippen molar-refractivity contribution >= 4 is 29.4 Å². The number of benzene rings is 2. The van der Waals surface area contributed by atoms with Crippen LogP contribution >= 0.6 is 11.8 Å². The van der Waals surface area contributed by atoms with Crippen molar-refractivity contribution in [3.05, 3.63) is 66.1 Å². The Morgan fingerprint density at radius 3 is 2.26 bits per heavy atom. The number of hydrogen-bond donors (Lipinski definition) is 2. The zero-order chi connectivity index (χ0) is 30.1. The van der Waals surface area contributed by atoms with E-state index in [9.17, 15) is 14.4 Å². The molecule has 1 saturated carbocycles. The molecule has 1 heterocycles. The Morgan fingerprint density at radius 2 is 1.62 bits per heavy atom. The van der Waals surface area contributed by atoms with Crippen molar-refractivity contribution in [3.8, 4) is 11.1 Å². The van der Waals surface area contributed by atoms with E-state index < -0.39 is 17.4 Å². The molecule has 3 aromatic rings. The minimum absolute atomic E-state index is 0.117. The van der Waals surface area contributed by atoms with Gasteiger partial charge >= 0.3 is 0 Å². The highest BCUT2D eigenvalue weighted by molar-refractivity contribution is 7.99. The number of thioether (sulfide) groups is 1. The second kappa shape index (κ2) is 14.6. The maximum absolute atomic E-state index is 13.9. The van der Waals surface area contributed by atoms with Crippen LogP contribution in [0.1, 0.15) is 73.4 Å². The standard InChI is InChI=1S/C32H41N5O4S/c1-22(2)21-26(27(38)29-35-36-31(41-29)42-20-19-37(3)4)33-30(40)32(17-9-6-10-18-32)34-28(39)25-15-13-24(14-16-25)23-11-7-5-8-12-23/h5,7-8,11-16,22,26H,6,9-10,17-21H2,1-4H3,(H,33,40)(H,34,39). The Morgan fingerprint density at radius 1 is 0.952 bits per heavy atom. The van der Waals surface area contributed by atoms with Crippen molar-refractivity contribution in [1.82, 2.24) is 25.7 Å². The molecule has 2 N–H and O–H groups in total. The molecule has 1 aliphatic rings. The number of hydrogen-bond acceptors (Lipinski definition) is 8. The Hall–Kier alpha value is -3.50. The lowest BCUT2D eigenvalue weighted by Gasteiger charge is -2.37. The molecule has 1 aliphatic carbocycles. The summed E-state index contributed by atoms with van der Waals surface area (Å²) in [5.41, 5.74) is 1.44. The number of nitrogens with zero attached hydrogens (tertiary/aromatic N) is 3. The summed E-state index contributed by atoms with van der Waals surface area (Å²) < 4.78 is 5.66. The topological polar surface area (TPSA) is 117 Å². The summed E-state index contributed by atoms with van der Waals surface area (Å²) in [6, 6.07) is 16.5. The average molecular weight is 592 g/mol. The van der Waals surface area contributed by atoms with Crippen molar-refractivity contribution in [2.75, 3.05) is 26.4 Å². The highest BCUT2D eigenvalue weighted by Crippen LogP contribution is 2.30. The molecular formula is C32H41N5O4S. The van der Waals surface area contributed by atoms with Gasteiger partial charge in [-0.1, -0.05) is 87.3 Å². The van der Waals surface area contributed by atoms with E-state index in [2.05, 4.69) is 20.8 Å². The number of rotatable bonds is 13. The minimum atomic E-state index is -1.11. The Bertz CT molecular complexity index is 1330. The molecule has 224 valence electrons.